The summed E-state index contributed by atoms with van der Waals surface area (Å²) in [7, 11) is 1.67. The third-order valence-electron chi connectivity index (χ3n) is 3.60. The molecular formula is C21H30O3. The lowest BCUT2D eigenvalue weighted by Crippen LogP contribution is -1.97. The van der Waals surface area contributed by atoms with Gasteiger partial charge in [-0.2, -0.15) is 0 Å². The Labute approximate surface area is 146 Å². The van der Waals surface area contributed by atoms with E-state index in [-0.39, 0.29) is 6.61 Å². The van der Waals surface area contributed by atoms with Crippen LogP contribution in [0.1, 0.15) is 39.5 Å². The summed E-state index contributed by atoms with van der Waals surface area (Å²) < 4.78 is 10.9. The minimum atomic E-state index is 0.285. The number of aliphatic hydroxyl groups is 1. The molecule has 0 aliphatic carbocycles. The van der Waals surface area contributed by atoms with Crippen molar-refractivity contribution < 1.29 is 14.6 Å². The van der Waals surface area contributed by atoms with E-state index < -0.39 is 0 Å². The lowest BCUT2D eigenvalue weighted by Gasteiger charge is -2.08. The maximum atomic E-state index is 8.71. The molecule has 0 saturated carbocycles. The molecule has 0 amide bonds. The number of hydrogen-bond acceptors (Lipinski definition) is 3. The van der Waals surface area contributed by atoms with Crippen molar-refractivity contribution in [2.45, 2.75) is 39.5 Å². The average molecular weight is 330 g/mol. The molecule has 0 aliphatic rings. The Bertz CT molecular complexity index is 532. The molecule has 0 bridgehead atoms. The normalized spacial score (nSPS) is 9.83. The van der Waals surface area contributed by atoms with Crippen molar-refractivity contribution in [2.24, 2.45) is 0 Å². The molecule has 2 aromatic rings. The van der Waals surface area contributed by atoms with Gasteiger partial charge in [0, 0.05) is 6.61 Å². The van der Waals surface area contributed by atoms with Gasteiger partial charge in [0.05, 0.1) is 13.7 Å². The van der Waals surface area contributed by atoms with Gasteiger partial charge in [-0.1, -0.05) is 44.5 Å². The van der Waals surface area contributed by atoms with Crippen molar-refractivity contribution in [1.29, 1.82) is 0 Å². The molecule has 0 radical (unpaired) electrons. The highest BCUT2D eigenvalue weighted by molar-refractivity contribution is 5.64. The molecule has 0 spiro atoms. The van der Waals surface area contributed by atoms with Crippen LogP contribution in [0.25, 0.3) is 11.1 Å². The van der Waals surface area contributed by atoms with Crippen LogP contribution in [-0.4, -0.2) is 25.4 Å². The summed E-state index contributed by atoms with van der Waals surface area (Å²) >= 11 is 0. The van der Waals surface area contributed by atoms with E-state index in [1.54, 1.807) is 7.11 Å². The molecule has 2 aromatic carbocycles. The quantitative estimate of drug-likeness (QED) is 0.632. The van der Waals surface area contributed by atoms with Crippen molar-refractivity contribution in [3.63, 3.8) is 0 Å². The summed E-state index contributed by atoms with van der Waals surface area (Å²) in [5.41, 5.74) is 2.33. The van der Waals surface area contributed by atoms with Crippen LogP contribution in [0.15, 0.2) is 48.5 Å². The molecule has 3 heteroatoms. The van der Waals surface area contributed by atoms with E-state index in [9.17, 15) is 0 Å². The maximum absolute atomic E-state index is 8.71. The topological polar surface area (TPSA) is 38.7 Å². The predicted molar refractivity (Wildman–Crippen MR) is 101 cm³/mol. The first-order valence-electron chi connectivity index (χ1n) is 8.81. The second-order valence-electron chi connectivity index (χ2n) is 5.24. The smallest absolute Gasteiger partial charge is 0.119 e. The highest BCUT2D eigenvalue weighted by atomic mass is 16.5. The van der Waals surface area contributed by atoms with Gasteiger partial charge in [0.1, 0.15) is 11.5 Å². The van der Waals surface area contributed by atoms with Gasteiger partial charge in [-0.3, -0.25) is 0 Å². The van der Waals surface area contributed by atoms with E-state index in [4.69, 9.17) is 14.6 Å². The monoisotopic (exact) mass is 330 g/mol. The van der Waals surface area contributed by atoms with E-state index in [0.717, 1.165) is 54.9 Å². The Morgan fingerprint density at radius 3 is 1.71 bits per heavy atom. The molecule has 0 heterocycles. The molecule has 132 valence electrons. The Balaban J connectivity index is 0.00000139. The molecule has 0 atom stereocenters. The van der Waals surface area contributed by atoms with Gasteiger partial charge in [-0.05, 0) is 54.7 Å². The van der Waals surface area contributed by atoms with Gasteiger partial charge in [0.25, 0.3) is 0 Å². The summed E-state index contributed by atoms with van der Waals surface area (Å²) in [4.78, 5) is 0. The van der Waals surface area contributed by atoms with E-state index in [1.165, 1.54) is 0 Å². The Morgan fingerprint density at radius 2 is 1.21 bits per heavy atom. The number of ether oxygens (including phenoxy) is 2. The number of rotatable bonds is 9. The van der Waals surface area contributed by atoms with E-state index >= 15 is 0 Å². The molecule has 0 fully saturated rings. The summed E-state index contributed by atoms with van der Waals surface area (Å²) in [5.74, 6) is 1.77. The lowest BCUT2D eigenvalue weighted by molar-refractivity contribution is 0.273. The minimum Gasteiger partial charge on any atom is -0.497 e. The summed E-state index contributed by atoms with van der Waals surface area (Å²) in [6, 6.07) is 16.2. The standard InChI is InChI=1S/C19H24O3.C2H6/c1-21-18-10-6-16(7-11-18)17-8-12-19(13-9-17)22-15-5-3-2-4-14-20;1-2/h6-13,20H,2-5,14-15H2,1H3;1-2H3. The zero-order valence-corrected chi connectivity index (χ0v) is 15.1. The first-order valence-corrected chi connectivity index (χ1v) is 8.81. The van der Waals surface area contributed by atoms with Gasteiger partial charge in [-0.25, -0.2) is 0 Å². The maximum Gasteiger partial charge on any atom is 0.119 e. The summed E-state index contributed by atoms with van der Waals surface area (Å²) in [6.45, 7) is 5.01. The Morgan fingerprint density at radius 1 is 0.708 bits per heavy atom. The van der Waals surface area contributed by atoms with Gasteiger partial charge in [0.2, 0.25) is 0 Å². The zero-order chi connectivity index (χ0) is 17.6. The zero-order valence-electron chi connectivity index (χ0n) is 15.1. The van der Waals surface area contributed by atoms with Crippen LogP contribution < -0.4 is 9.47 Å². The summed E-state index contributed by atoms with van der Waals surface area (Å²) in [5, 5.41) is 8.71. The number of hydrogen-bond donors (Lipinski definition) is 1. The second-order valence-corrected chi connectivity index (χ2v) is 5.24. The van der Waals surface area contributed by atoms with Gasteiger partial charge in [0.15, 0.2) is 0 Å². The Hall–Kier alpha value is -2.00. The first-order chi connectivity index (χ1) is 11.8. The van der Waals surface area contributed by atoms with Gasteiger partial charge in [-0.15, -0.1) is 0 Å². The van der Waals surface area contributed by atoms with Gasteiger partial charge < -0.3 is 14.6 Å². The Kier molecular flexibility index (Phi) is 10.4. The van der Waals surface area contributed by atoms with Crippen LogP contribution >= 0.6 is 0 Å². The van der Waals surface area contributed by atoms with Crippen LogP contribution in [0, 0.1) is 0 Å². The van der Waals surface area contributed by atoms with E-state index in [2.05, 4.69) is 24.3 Å². The largest absolute Gasteiger partial charge is 0.497 e. The number of unbranched alkanes of at least 4 members (excludes halogenated alkanes) is 3. The SMILES string of the molecule is CC.COc1ccc(-c2ccc(OCCCCCCO)cc2)cc1. The molecule has 24 heavy (non-hydrogen) atoms. The lowest BCUT2D eigenvalue weighted by atomic mass is 10.1. The molecule has 0 saturated heterocycles. The van der Waals surface area contributed by atoms with Crippen LogP contribution in [0.3, 0.4) is 0 Å². The fourth-order valence-corrected chi connectivity index (χ4v) is 2.28. The van der Waals surface area contributed by atoms with Crippen molar-refractivity contribution in [2.75, 3.05) is 20.3 Å². The average Bonchev–Trinajstić information content (AvgIpc) is 2.67. The highest BCUT2D eigenvalue weighted by Gasteiger charge is 2.00. The number of benzene rings is 2. The number of aliphatic hydroxyl groups excluding tert-OH is 1. The van der Waals surface area contributed by atoms with Crippen molar-refractivity contribution in [3.05, 3.63) is 48.5 Å². The molecule has 1 N–H and O–H groups in total. The highest BCUT2D eigenvalue weighted by Crippen LogP contribution is 2.24. The van der Waals surface area contributed by atoms with E-state index in [0.29, 0.717) is 0 Å². The van der Waals surface area contributed by atoms with Crippen molar-refractivity contribution >= 4 is 0 Å². The van der Waals surface area contributed by atoms with Crippen molar-refractivity contribution in [1.82, 2.24) is 0 Å². The molecule has 3 nitrogen and oxygen atoms in total. The molecule has 0 unspecified atom stereocenters. The fourth-order valence-electron chi connectivity index (χ4n) is 2.28. The van der Waals surface area contributed by atoms with Crippen LogP contribution in [0.5, 0.6) is 11.5 Å². The molecular weight excluding hydrogens is 300 g/mol. The van der Waals surface area contributed by atoms with Gasteiger partial charge >= 0.3 is 0 Å². The van der Waals surface area contributed by atoms with Crippen LogP contribution in [0.4, 0.5) is 0 Å². The fraction of sp³-hybridized carbons (Fsp3) is 0.429. The molecule has 0 aliphatic heterocycles. The predicted octanol–water partition coefficient (Wildman–Crippen LogP) is 5.32. The minimum absolute atomic E-state index is 0.285. The third-order valence-corrected chi connectivity index (χ3v) is 3.60. The molecule has 2 rings (SSSR count). The summed E-state index contributed by atoms with van der Waals surface area (Å²) in [6.07, 6.45) is 4.08. The molecule has 0 aromatic heterocycles. The second kappa shape index (κ2) is 12.4. The van der Waals surface area contributed by atoms with Crippen molar-refractivity contribution in [3.8, 4) is 22.6 Å². The van der Waals surface area contributed by atoms with Crippen LogP contribution in [0.2, 0.25) is 0 Å². The number of methoxy groups -OCH3 is 1. The third kappa shape index (κ3) is 7.05. The van der Waals surface area contributed by atoms with E-state index in [1.807, 2.05) is 38.1 Å². The van der Waals surface area contributed by atoms with Crippen LogP contribution in [-0.2, 0) is 0 Å². The first kappa shape index (κ1) is 20.0.